The SMILES string of the molecule is [C-]#[N+]c1ccc(N(c2cccnc2)c2ccc3c(c2)C(C)(C)c2cc(-c4ccc5c6c4ccc4cccc(c46)n5-c4ccccc4)ccc2-3)cc1. The molecule has 2 heterocycles. The van der Waals surface area contributed by atoms with Gasteiger partial charge in [-0.2, -0.15) is 0 Å². The van der Waals surface area contributed by atoms with Gasteiger partial charge in [0.05, 0.1) is 29.5 Å². The molecule has 51 heavy (non-hydrogen) atoms. The van der Waals surface area contributed by atoms with Crippen molar-refractivity contribution in [3.63, 3.8) is 0 Å². The predicted molar refractivity (Wildman–Crippen MR) is 211 cm³/mol. The molecule has 0 spiro atoms. The summed E-state index contributed by atoms with van der Waals surface area (Å²) in [6, 6.07) is 52.2. The van der Waals surface area contributed by atoms with Crippen molar-refractivity contribution in [3.8, 4) is 27.9 Å². The summed E-state index contributed by atoms with van der Waals surface area (Å²) in [7, 11) is 0. The van der Waals surface area contributed by atoms with Crippen LogP contribution >= 0.6 is 0 Å². The second-order valence-corrected chi connectivity index (χ2v) is 14.0. The van der Waals surface area contributed by atoms with Gasteiger partial charge < -0.3 is 9.47 Å². The lowest BCUT2D eigenvalue weighted by atomic mass is 9.81. The van der Waals surface area contributed by atoms with Crippen LogP contribution in [0.2, 0.25) is 0 Å². The molecule has 0 unspecified atom stereocenters. The molecule has 0 amide bonds. The van der Waals surface area contributed by atoms with Crippen LogP contribution in [0.5, 0.6) is 0 Å². The molecule has 0 atom stereocenters. The zero-order valence-corrected chi connectivity index (χ0v) is 28.3. The van der Waals surface area contributed by atoms with Gasteiger partial charge in [0, 0.05) is 39.4 Å². The second kappa shape index (κ2) is 10.9. The summed E-state index contributed by atoms with van der Waals surface area (Å²) < 4.78 is 2.41. The molecular weight excluding hydrogens is 621 g/mol. The van der Waals surface area contributed by atoms with E-state index in [2.05, 4.69) is 148 Å². The Morgan fingerprint density at radius 3 is 2.14 bits per heavy atom. The molecule has 0 radical (unpaired) electrons. The van der Waals surface area contributed by atoms with E-state index in [4.69, 9.17) is 6.57 Å². The molecule has 0 saturated heterocycles. The molecule has 1 aliphatic rings. The molecule has 9 aromatic rings. The third-order valence-electron chi connectivity index (χ3n) is 10.8. The summed E-state index contributed by atoms with van der Waals surface area (Å²) in [5.41, 5.74) is 14.7. The van der Waals surface area contributed by atoms with Gasteiger partial charge in [-0.1, -0.05) is 92.7 Å². The van der Waals surface area contributed by atoms with Crippen molar-refractivity contribution in [2.45, 2.75) is 19.3 Å². The number of pyridine rings is 1. The highest BCUT2D eigenvalue weighted by Crippen LogP contribution is 2.52. The molecule has 240 valence electrons. The van der Waals surface area contributed by atoms with Crippen molar-refractivity contribution in [2.24, 2.45) is 0 Å². The van der Waals surface area contributed by atoms with Gasteiger partial charge in [-0.25, -0.2) is 4.85 Å². The van der Waals surface area contributed by atoms with E-state index >= 15 is 0 Å². The fourth-order valence-electron chi connectivity index (χ4n) is 8.44. The topological polar surface area (TPSA) is 25.4 Å². The first kappa shape index (κ1) is 29.2. The van der Waals surface area contributed by atoms with Crippen LogP contribution in [0.3, 0.4) is 0 Å². The van der Waals surface area contributed by atoms with Gasteiger partial charge in [0.2, 0.25) is 0 Å². The molecule has 7 aromatic carbocycles. The molecule has 1 aliphatic carbocycles. The summed E-state index contributed by atoms with van der Waals surface area (Å²) in [6.07, 6.45) is 3.69. The number of benzene rings is 7. The summed E-state index contributed by atoms with van der Waals surface area (Å²) in [4.78, 5) is 10.3. The summed E-state index contributed by atoms with van der Waals surface area (Å²) in [5, 5.41) is 5.18. The van der Waals surface area contributed by atoms with Gasteiger partial charge in [0.15, 0.2) is 5.69 Å². The first-order chi connectivity index (χ1) is 25.0. The van der Waals surface area contributed by atoms with E-state index in [1.807, 2.05) is 36.5 Å². The molecular formula is C47H32N4. The number of anilines is 3. The van der Waals surface area contributed by atoms with Crippen LogP contribution in [0, 0.1) is 6.57 Å². The van der Waals surface area contributed by atoms with Crippen molar-refractivity contribution in [1.29, 1.82) is 0 Å². The van der Waals surface area contributed by atoms with Crippen LogP contribution < -0.4 is 4.90 Å². The Labute approximate surface area is 296 Å². The Kier molecular flexibility index (Phi) is 6.25. The minimum Gasteiger partial charge on any atom is -0.309 e. The average molecular weight is 653 g/mol. The second-order valence-electron chi connectivity index (χ2n) is 14.0. The van der Waals surface area contributed by atoms with Crippen LogP contribution in [-0.4, -0.2) is 9.55 Å². The number of para-hydroxylation sites is 1. The Balaban J connectivity index is 1.10. The highest BCUT2D eigenvalue weighted by molar-refractivity contribution is 6.26. The number of hydrogen-bond donors (Lipinski definition) is 0. The number of fused-ring (bicyclic) bond motifs is 3. The lowest BCUT2D eigenvalue weighted by Crippen LogP contribution is -2.16. The maximum atomic E-state index is 7.43. The van der Waals surface area contributed by atoms with E-state index in [1.54, 1.807) is 6.20 Å². The quantitative estimate of drug-likeness (QED) is 0.137. The Morgan fingerprint density at radius 2 is 1.35 bits per heavy atom. The minimum atomic E-state index is -0.223. The summed E-state index contributed by atoms with van der Waals surface area (Å²) >= 11 is 0. The maximum Gasteiger partial charge on any atom is 0.187 e. The first-order valence-corrected chi connectivity index (χ1v) is 17.3. The molecule has 4 nitrogen and oxygen atoms in total. The average Bonchev–Trinajstić information content (AvgIpc) is 3.64. The molecule has 10 rings (SSSR count). The van der Waals surface area contributed by atoms with Gasteiger partial charge in [-0.3, -0.25) is 4.98 Å². The smallest absolute Gasteiger partial charge is 0.187 e. The van der Waals surface area contributed by atoms with Gasteiger partial charge in [-0.15, -0.1) is 0 Å². The number of rotatable bonds is 5. The molecule has 0 bridgehead atoms. The van der Waals surface area contributed by atoms with Crippen molar-refractivity contribution >= 4 is 55.3 Å². The predicted octanol–water partition coefficient (Wildman–Crippen LogP) is 12.8. The maximum absolute atomic E-state index is 7.43. The first-order valence-electron chi connectivity index (χ1n) is 17.3. The number of nitrogens with zero attached hydrogens (tertiary/aromatic N) is 4. The van der Waals surface area contributed by atoms with Crippen molar-refractivity contribution in [3.05, 3.63) is 181 Å². The largest absolute Gasteiger partial charge is 0.309 e. The zero-order valence-electron chi connectivity index (χ0n) is 28.3. The van der Waals surface area contributed by atoms with E-state index in [0.717, 1.165) is 17.1 Å². The molecule has 2 aromatic heterocycles. The van der Waals surface area contributed by atoms with Crippen LogP contribution in [0.1, 0.15) is 25.0 Å². The Bertz CT molecular complexity index is 2820. The van der Waals surface area contributed by atoms with Crippen molar-refractivity contribution in [1.82, 2.24) is 9.55 Å². The zero-order chi connectivity index (χ0) is 34.3. The number of aromatic nitrogens is 2. The third kappa shape index (κ3) is 4.28. The molecule has 0 N–H and O–H groups in total. The Morgan fingerprint density at radius 1 is 0.608 bits per heavy atom. The lowest BCUT2D eigenvalue weighted by molar-refractivity contribution is 0.660. The van der Waals surface area contributed by atoms with Gasteiger partial charge in [-0.05, 0) is 111 Å². The standard InChI is InChI=1S/C47H32N4/c1-47(2)41-27-31(37-24-25-44-46-40(37)22-14-30-9-7-13-43(45(30)46)51(44)33-10-5-4-6-11-33)15-21-38(41)39-23-20-35(28-42(39)47)50(36-12-8-26-49-29-36)34-18-16-32(48-3)17-19-34/h4-29H,1-2H3. The van der Waals surface area contributed by atoms with E-state index in [-0.39, 0.29) is 5.41 Å². The monoisotopic (exact) mass is 652 g/mol. The van der Waals surface area contributed by atoms with Gasteiger partial charge in [0.25, 0.3) is 0 Å². The molecule has 4 heteroatoms. The van der Waals surface area contributed by atoms with E-state index in [0.29, 0.717) is 5.69 Å². The fourth-order valence-corrected chi connectivity index (χ4v) is 8.44. The van der Waals surface area contributed by atoms with Gasteiger partial charge in [0.1, 0.15) is 0 Å². The fraction of sp³-hybridized carbons (Fsp3) is 0.0638. The van der Waals surface area contributed by atoms with E-state index in [1.165, 1.54) is 71.6 Å². The van der Waals surface area contributed by atoms with Crippen LogP contribution in [0.15, 0.2) is 158 Å². The third-order valence-corrected chi connectivity index (χ3v) is 10.8. The number of hydrogen-bond acceptors (Lipinski definition) is 2. The highest BCUT2D eigenvalue weighted by atomic mass is 15.1. The Hall–Kier alpha value is -6.70. The lowest BCUT2D eigenvalue weighted by Gasteiger charge is -2.28. The van der Waals surface area contributed by atoms with E-state index in [9.17, 15) is 0 Å². The molecule has 0 saturated carbocycles. The summed E-state index contributed by atoms with van der Waals surface area (Å²) in [5.74, 6) is 0. The molecule has 0 fully saturated rings. The van der Waals surface area contributed by atoms with E-state index < -0.39 is 0 Å². The molecule has 0 aliphatic heterocycles. The summed E-state index contributed by atoms with van der Waals surface area (Å²) in [6.45, 7) is 12.1. The normalized spacial score (nSPS) is 13.0. The van der Waals surface area contributed by atoms with Gasteiger partial charge >= 0.3 is 0 Å². The van der Waals surface area contributed by atoms with Crippen LogP contribution in [0.4, 0.5) is 22.7 Å². The van der Waals surface area contributed by atoms with Crippen LogP contribution in [-0.2, 0) is 5.41 Å². The van der Waals surface area contributed by atoms with Crippen molar-refractivity contribution < 1.29 is 0 Å². The highest BCUT2D eigenvalue weighted by Gasteiger charge is 2.36. The van der Waals surface area contributed by atoms with Crippen LogP contribution in [0.25, 0.3) is 65.4 Å². The minimum absolute atomic E-state index is 0.223. The van der Waals surface area contributed by atoms with Crippen molar-refractivity contribution in [2.75, 3.05) is 4.90 Å².